The van der Waals surface area contributed by atoms with Gasteiger partial charge < -0.3 is 14.6 Å². The quantitative estimate of drug-likeness (QED) is 0.707. The van der Waals surface area contributed by atoms with E-state index in [1.807, 2.05) is 6.92 Å². The van der Waals surface area contributed by atoms with E-state index in [1.54, 1.807) is 12.1 Å². The Hall–Kier alpha value is -2.80. The van der Waals surface area contributed by atoms with E-state index in [0.717, 1.165) is 6.42 Å². The molecule has 148 valence electrons. The summed E-state index contributed by atoms with van der Waals surface area (Å²) in [6.07, 6.45) is 2.69. The van der Waals surface area contributed by atoms with Gasteiger partial charge in [0, 0.05) is 31.8 Å². The van der Waals surface area contributed by atoms with Crippen molar-refractivity contribution in [3.8, 4) is 0 Å². The average Bonchev–Trinajstić information content (AvgIpc) is 3.40. The van der Waals surface area contributed by atoms with Crippen LogP contribution in [-0.4, -0.2) is 36.0 Å². The lowest BCUT2D eigenvalue weighted by atomic mass is 10.0. The van der Waals surface area contributed by atoms with E-state index in [2.05, 4.69) is 5.32 Å². The number of halogens is 1. The number of amides is 1. The van der Waals surface area contributed by atoms with Crippen LogP contribution in [0.3, 0.4) is 0 Å². The first kappa shape index (κ1) is 19.9. The van der Waals surface area contributed by atoms with Gasteiger partial charge in [0.05, 0.1) is 12.6 Å². The Morgan fingerprint density at radius 3 is 2.79 bits per heavy atom. The lowest BCUT2D eigenvalue weighted by molar-refractivity contribution is 0.0931. The molecule has 2 aromatic rings. The summed E-state index contributed by atoms with van der Waals surface area (Å²) in [7, 11) is 1.42. The van der Waals surface area contributed by atoms with Crippen molar-refractivity contribution >= 4 is 11.7 Å². The SMILES string of the molecule is CCO[C@H]1C[C@@H]1CC(=O)c1cc(C(=O)NC)c(=O)n(Cc2cccc(F)c2)c1. The maximum Gasteiger partial charge on any atom is 0.263 e. The van der Waals surface area contributed by atoms with Gasteiger partial charge in [0.2, 0.25) is 0 Å². The molecule has 0 saturated heterocycles. The maximum atomic E-state index is 13.5. The number of ether oxygens (including phenoxy) is 1. The Kier molecular flexibility index (Phi) is 6.04. The van der Waals surface area contributed by atoms with Crippen LogP contribution in [-0.2, 0) is 11.3 Å². The predicted molar refractivity (Wildman–Crippen MR) is 102 cm³/mol. The van der Waals surface area contributed by atoms with Gasteiger partial charge in [-0.3, -0.25) is 14.4 Å². The summed E-state index contributed by atoms with van der Waals surface area (Å²) in [6.45, 7) is 2.58. The second-order valence-electron chi connectivity index (χ2n) is 6.90. The molecule has 0 radical (unpaired) electrons. The number of carbonyl (C=O) groups is 2. The van der Waals surface area contributed by atoms with E-state index < -0.39 is 17.3 Å². The molecule has 0 unspecified atom stereocenters. The molecular weight excluding hydrogens is 363 g/mol. The van der Waals surface area contributed by atoms with E-state index in [4.69, 9.17) is 4.74 Å². The molecule has 6 nitrogen and oxygen atoms in total. The summed E-state index contributed by atoms with van der Waals surface area (Å²) in [5.41, 5.74) is 0.214. The van der Waals surface area contributed by atoms with Crippen molar-refractivity contribution in [2.75, 3.05) is 13.7 Å². The minimum atomic E-state index is -0.564. The van der Waals surface area contributed by atoms with E-state index in [1.165, 1.54) is 36.0 Å². The van der Waals surface area contributed by atoms with E-state index in [-0.39, 0.29) is 35.5 Å². The molecule has 1 saturated carbocycles. The van der Waals surface area contributed by atoms with Crippen molar-refractivity contribution in [2.45, 2.75) is 32.4 Å². The van der Waals surface area contributed by atoms with Crippen LogP contribution >= 0.6 is 0 Å². The van der Waals surface area contributed by atoms with Crippen LogP contribution in [0.1, 0.15) is 46.0 Å². The van der Waals surface area contributed by atoms with E-state index in [9.17, 15) is 18.8 Å². The highest BCUT2D eigenvalue weighted by Gasteiger charge is 2.39. The van der Waals surface area contributed by atoms with E-state index in [0.29, 0.717) is 18.6 Å². The van der Waals surface area contributed by atoms with Crippen molar-refractivity contribution in [1.29, 1.82) is 0 Å². The number of carbonyl (C=O) groups excluding carboxylic acids is 2. The predicted octanol–water partition coefficient (Wildman–Crippen LogP) is 2.39. The number of hydrogen-bond donors (Lipinski definition) is 1. The minimum Gasteiger partial charge on any atom is -0.378 e. The fraction of sp³-hybridized carbons (Fsp3) is 0.381. The third-order valence-corrected chi connectivity index (χ3v) is 4.81. The third-order valence-electron chi connectivity index (χ3n) is 4.81. The van der Waals surface area contributed by atoms with Crippen molar-refractivity contribution in [1.82, 2.24) is 9.88 Å². The molecule has 1 aromatic carbocycles. The van der Waals surface area contributed by atoms with Crippen LogP contribution in [0.25, 0.3) is 0 Å². The smallest absolute Gasteiger partial charge is 0.263 e. The molecule has 28 heavy (non-hydrogen) atoms. The Labute approximate surface area is 162 Å². The second kappa shape index (κ2) is 8.48. The molecule has 2 atom stereocenters. The molecule has 3 rings (SSSR count). The number of aromatic nitrogens is 1. The lowest BCUT2D eigenvalue weighted by Gasteiger charge is -2.11. The monoisotopic (exact) mass is 386 g/mol. The zero-order valence-electron chi connectivity index (χ0n) is 15.9. The Morgan fingerprint density at radius 2 is 2.11 bits per heavy atom. The standard InChI is InChI=1S/C21H23FN2O4/c1-3-28-19-10-14(19)9-18(25)15-8-17(20(26)23-2)21(27)24(12-15)11-13-5-4-6-16(22)7-13/h4-8,12,14,19H,3,9-11H2,1-2H3,(H,23,26)/t14-,19-/m0/s1. The topological polar surface area (TPSA) is 77.4 Å². The molecule has 1 N–H and O–H groups in total. The van der Waals surface area contributed by atoms with Crippen molar-refractivity contribution in [2.24, 2.45) is 5.92 Å². The molecule has 1 heterocycles. The van der Waals surface area contributed by atoms with Gasteiger partial charge in [0.25, 0.3) is 11.5 Å². The molecule has 1 amide bonds. The first-order valence-electron chi connectivity index (χ1n) is 9.28. The summed E-state index contributed by atoms with van der Waals surface area (Å²) in [5, 5.41) is 2.42. The van der Waals surface area contributed by atoms with Gasteiger partial charge in [0.1, 0.15) is 11.4 Å². The van der Waals surface area contributed by atoms with Crippen LogP contribution in [0.5, 0.6) is 0 Å². The summed E-state index contributed by atoms with van der Waals surface area (Å²) < 4.78 is 20.3. The van der Waals surface area contributed by atoms with Crippen LogP contribution < -0.4 is 10.9 Å². The van der Waals surface area contributed by atoms with Crippen molar-refractivity contribution in [3.63, 3.8) is 0 Å². The Balaban J connectivity index is 1.90. The molecule has 1 aromatic heterocycles. The number of pyridine rings is 1. The summed E-state index contributed by atoms with van der Waals surface area (Å²) in [4.78, 5) is 37.5. The van der Waals surface area contributed by atoms with Gasteiger partial charge in [-0.05, 0) is 43.0 Å². The molecular formula is C21H23FN2O4. The highest BCUT2D eigenvalue weighted by molar-refractivity contribution is 6.00. The molecule has 1 fully saturated rings. The van der Waals surface area contributed by atoms with Crippen molar-refractivity contribution in [3.05, 3.63) is 69.4 Å². The van der Waals surface area contributed by atoms with Crippen molar-refractivity contribution < 1.29 is 18.7 Å². The number of ketones is 1. The van der Waals surface area contributed by atoms with Crippen LogP contribution in [0, 0.1) is 11.7 Å². The zero-order chi connectivity index (χ0) is 20.3. The van der Waals surface area contributed by atoms with Gasteiger partial charge >= 0.3 is 0 Å². The molecule has 1 aliphatic carbocycles. The minimum absolute atomic E-state index is 0.0622. The number of rotatable bonds is 8. The number of nitrogens with zero attached hydrogens (tertiary/aromatic N) is 1. The van der Waals surface area contributed by atoms with Gasteiger partial charge in [-0.15, -0.1) is 0 Å². The van der Waals surface area contributed by atoms with Gasteiger partial charge in [-0.1, -0.05) is 12.1 Å². The van der Waals surface area contributed by atoms with Gasteiger partial charge in [0.15, 0.2) is 5.78 Å². The fourth-order valence-electron chi connectivity index (χ4n) is 3.24. The first-order valence-corrected chi connectivity index (χ1v) is 9.28. The normalized spacial score (nSPS) is 18.0. The third kappa shape index (κ3) is 4.54. The number of benzene rings is 1. The van der Waals surface area contributed by atoms with E-state index >= 15 is 0 Å². The average molecular weight is 386 g/mol. The van der Waals surface area contributed by atoms with Crippen LogP contribution in [0.2, 0.25) is 0 Å². The summed E-state index contributed by atoms with van der Waals surface area (Å²) in [6, 6.07) is 7.19. The number of Topliss-reactive ketones (excluding diaryl/α,β-unsaturated/α-hetero) is 1. The molecule has 0 spiro atoms. The summed E-state index contributed by atoms with van der Waals surface area (Å²) in [5.74, 6) is -0.962. The van der Waals surface area contributed by atoms with Gasteiger partial charge in [-0.2, -0.15) is 0 Å². The van der Waals surface area contributed by atoms with Crippen LogP contribution in [0.15, 0.2) is 41.3 Å². The highest BCUT2D eigenvalue weighted by Crippen LogP contribution is 2.37. The largest absolute Gasteiger partial charge is 0.378 e. The Bertz CT molecular complexity index is 954. The van der Waals surface area contributed by atoms with Crippen LogP contribution in [0.4, 0.5) is 4.39 Å². The Morgan fingerprint density at radius 1 is 1.32 bits per heavy atom. The molecule has 1 aliphatic rings. The molecule has 7 heteroatoms. The lowest BCUT2D eigenvalue weighted by Crippen LogP contribution is -2.32. The fourth-order valence-corrected chi connectivity index (χ4v) is 3.24. The number of hydrogen-bond acceptors (Lipinski definition) is 4. The molecule has 0 bridgehead atoms. The maximum absolute atomic E-state index is 13.5. The highest BCUT2D eigenvalue weighted by atomic mass is 19.1. The first-order chi connectivity index (χ1) is 13.4. The molecule has 0 aliphatic heterocycles. The summed E-state index contributed by atoms with van der Waals surface area (Å²) >= 11 is 0. The number of nitrogens with one attached hydrogen (secondary N) is 1. The van der Waals surface area contributed by atoms with Gasteiger partial charge in [-0.25, -0.2) is 4.39 Å². The second-order valence-corrected chi connectivity index (χ2v) is 6.90. The zero-order valence-corrected chi connectivity index (χ0v) is 15.9.